The van der Waals surface area contributed by atoms with Gasteiger partial charge in [-0.2, -0.15) is 0 Å². The first-order chi connectivity index (χ1) is 7.22. The van der Waals surface area contributed by atoms with E-state index in [2.05, 4.69) is 4.98 Å². The first kappa shape index (κ1) is 10.4. The van der Waals surface area contributed by atoms with Gasteiger partial charge in [0.25, 0.3) is 0 Å². The number of pyridine rings is 1. The average molecular weight is 209 g/mol. The van der Waals surface area contributed by atoms with Gasteiger partial charge < -0.3 is 14.9 Å². The van der Waals surface area contributed by atoms with E-state index in [9.17, 15) is 10.2 Å². The summed E-state index contributed by atoms with van der Waals surface area (Å²) < 4.78 is 5.01. The second-order valence-electron chi connectivity index (χ2n) is 3.93. The summed E-state index contributed by atoms with van der Waals surface area (Å²) in [4.78, 5) is 3.94. The summed E-state index contributed by atoms with van der Waals surface area (Å²) in [6.07, 6.45) is 3.57. The van der Waals surface area contributed by atoms with Crippen molar-refractivity contribution < 1.29 is 14.9 Å². The molecule has 1 aromatic heterocycles. The third-order valence-electron chi connectivity index (χ3n) is 2.74. The zero-order valence-electron chi connectivity index (χ0n) is 8.63. The predicted octanol–water partition coefficient (Wildman–Crippen LogP) is 0.894. The number of hydrogen-bond donors (Lipinski definition) is 2. The number of aromatic nitrogens is 1. The second-order valence-corrected chi connectivity index (χ2v) is 3.93. The lowest BCUT2D eigenvalue weighted by Crippen LogP contribution is -2.20. The summed E-state index contributed by atoms with van der Waals surface area (Å²) in [5, 5.41) is 19.6. The van der Waals surface area contributed by atoms with Gasteiger partial charge in [0.05, 0.1) is 19.4 Å². The van der Waals surface area contributed by atoms with Crippen LogP contribution in [-0.2, 0) is 0 Å². The fraction of sp³-hybridized carbons (Fsp3) is 0.545. The molecule has 1 heterocycles. The molecule has 0 saturated heterocycles. The smallest absolute Gasteiger partial charge is 0.137 e. The molecule has 1 aliphatic carbocycles. The zero-order chi connectivity index (χ0) is 10.8. The Morgan fingerprint density at radius 2 is 2.13 bits per heavy atom. The maximum absolute atomic E-state index is 9.87. The Labute approximate surface area is 88.5 Å². The van der Waals surface area contributed by atoms with Gasteiger partial charge in [0, 0.05) is 11.8 Å². The minimum atomic E-state index is -0.861. The maximum atomic E-state index is 9.87. The number of hydrogen-bond acceptors (Lipinski definition) is 4. The van der Waals surface area contributed by atoms with Crippen LogP contribution in [-0.4, -0.2) is 28.4 Å². The fourth-order valence-corrected chi connectivity index (χ4v) is 1.60. The topological polar surface area (TPSA) is 62.6 Å². The van der Waals surface area contributed by atoms with Crippen molar-refractivity contribution in [3.8, 4) is 5.75 Å². The molecule has 15 heavy (non-hydrogen) atoms. The minimum Gasteiger partial charge on any atom is -0.495 e. The highest BCUT2D eigenvalue weighted by molar-refractivity contribution is 5.25. The first-order valence-corrected chi connectivity index (χ1v) is 5.07. The Morgan fingerprint density at radius 3 is 2.73 bits per heavy atom. The van der Waals surface area contributed by atoms with Gasteiger partial charge in [-0.25, -0.2) is 0 Å². The van der Waals surface area contributed by atoms with E-state index in [1.807, 2.05) is 0 Å². The summed E-state index contributed by atoms with van der Waals surface area (Å²) in [7, 11) is 1.55. The van der Waals surface area contributed by atoms with Crippen molar-refractivity contribution in [3.63, 3.8) is 0 Å². The van der Waals surface area contributed by atoms with Crippen LogP contribution in [0.15, 0.2) is 18.5 Å². The molecule has 0 bridgehead atoms. The molecule has 0 aliphatic heterocycles. The molecule has 2 atom stereocenters. The Balaban J connectivity index is 2.12. The summed E-state index contributed by atoms with van der Waals surface area (Å²) in [5.74, 6) is 0.834. The van der Waals surface area contributed by atoms with Gasteiger partial charge in [-0.15, -0.1) is 0 Å². The number of rotatable bonds is 4. The van der Waals surface area contributed by atoms with Crippen LogP contribution in [0.3, 0.4) is 0 Å². The van der Waals surface area contributed by atoms with E-state index in [0.717, 1.165) is 12.8 Å². The molecule has 4 nitrogen and oxygen atoms in total. The molecule has 1 fully saturated rings. The Bertz CT molecular complexity index is 338. The molecule has 1 aromatic rings. The number of aliphatic hydroxyl groups excluding tert-OH is 2. The summed E-state index contributed by atoms with van der Waals surface area (Å²) >= 11 is 0. The van der Waals surface area contributed by atoms with Crippen LogP contribution >= 0.6 is 0 Å². The zero-order valence-corrected chi connectivity index (χ0v) is 8.63. The number of ether oxygens (including phenoxy) is 1. The number of nitrogens with zero attached hydrogens (tertiary/aromatic N) is 1. The summed E-state index contributed by atoms with van der Waals surface area (Å²) in [5.41, 5.74) is 0.605. The lowest BCUT2D eigenvalue weighted by molar-refractivity contribution is 0.00456. The maximum Gasteiger partial charge on any atom is 0.137 e. The van der Waals surface area contributed by atoms with Gasteiger partial charge in [-0.3, -0.25) is 4.98 Å². The monoisotopic (exact) mass is 209 g/mol. The van der Waals surface area contributed by atoms with Gasteiger partial charge in [0.15, 0.2) is 0 Å². The highest BCUT2D eigenvalue weighted by Gasteiger charge is 2.35. The molecule has 2 rings (SSSR count). The second kappa shape index (κ2) is 4.16. The summed E-state index contributed by atoms with van der Waals surface area (Å²) in [6, 6.07) is 1.70. The Morgan fingerprint density at radius 1 is 1.40 bits per heavy atom. The Kier molecular flexibility index (Phi) is 2.88. The molecule has 4 heteroatoms. The van der Waals surface area contributed by atoms with Crippen LogP contribution in [0.2, 0.25) is 0 Å². The van der Waals surface area contributed by atoms with Crippen molar-refractivity contribution in [1.29, 1.82) is 0 Å². The average Bonchev–Trinajstić information content (AvgIpc) is 3.11. The molecule has 82 valence electrons. The van der Waals surface area contributed by atoms with E-state index < -0.39 is 12.2 Å². The highest BCUT2D eigenvalue weighted by Crippen LogP contribution is 2.38. The van der Waals surface area contributed by atoms with Crippen molar-refractivity contribution in [3.05, 3.63) is 24.0 Å². The lowest BCUT2D eigenvalue weighted by atomic mass is 10.0. The van der Waals surface area contributed by atoms with Crippen LogP contribution in [0.1, 0.15) is 24.5 Å². The van der Waals surface area contributed by atoms with Gasteiger partial charge in [0.1, 0.15) is 11.9 Å². The third-order valence-corrected chi connectivity index (χ3v) is 2.74. The van der Waals surface area contributed by atoms with Crippen LogP contribution in [0.4, 0.5) is 0 Å². The fourth-order valence-electron chi connectivity index (χ4n) is 1.60. The van der Waals surface area contributed by atoms with Crippen molar-refractivity contribution >= 4 is 0 Å². The minimum absolute atomic E-state index is 0.242. The molecule has 0 amide bonds. The van der Waals surface area contributed by atoms with Crippen LogP contribution in [0.25, 0.3) is 0 Å². The van der Waals surface area contributed by atoms with E-state index in [1.165, 1.54) is 0 Å². The molecule has 0 spiro atoms. The molecule has 0 radical (unpaired) electrons. The van der Waals surface area contributed by atoms with Crippen molar-refractivity contribution in [2.24, 2.45) is 5.92 Å². The molecule has 1 saturated carbocycles. The van der Waals surface area contributed by atoms with Crippen molar-refractivity contribution in [1.82, 2.24) is 4.98 Å². The quantitative estimate of drug-likeness (QED) is 0.773. The molecular formula is C11H15NO3. The van der Waals surface area contributed by atoms with E-state index in [-0.39, 0.29) is 5.92 Å². The van der Waals surface area contributed by atoms with Gasteiger partial charge in [0.2, 0.25) is 0 Å². The Hall–Kier alpha value is -1.13. The van der Waals surface area contributed by atoms with E-state index in [4.69, 9.17) is 4.74 Å². The van der Waals surface area contributed by atoms with E-state index in [0.29, 0.717) is 11.3 Å². The highest BCUT2D eigenvalue weighted by atomic mass is 16.5. The normalized spacial score (nSPS) is 19.7. The van der Waals surface area contributed by atoms with Gasteiger partial charge >= 0.3 is 0 Å². The van der Waals surface area contributed by atoms with Crippen LogP contribution in [0, 0.1) is 5.92 Å². The van der Waals surface area contributed by atoms with Crippen LogP contribution < -0.4 is 4.74 Å². The van der Waals surface area contributed by atoms with Crippen LogP contribution in [0.5, 0.6) is 5.75 Å². The predicted molar refractivity (Wildman–Crippen MR) is 54.5 cm³/mol. The van der Waals surface area contributed by atoms with E-state index in [1.54, 1.807) is 25.6 Å². The number of methoxy groups -OCH3 is 1. The number of aliphatic hydroxyl groups is 2. The van der Waals surface area contributed by atoms with Gasteiger partial charge in [-0.1, -0.05) is 0 Å². The molecule has 1 aliphatic rings. The lowest BCUT2D eigenvalue weighted by Gasteiger charge is -2.17. The third kappa shape index (κ3) is 2.27. The first-order valence-electron chi connectivity index (χ1n) is 5.07. The van der Waals surface area contributed by atoms with E-state index >= 15 is 0 Å². The molecule has 0 aromatic carbocycles. The standard InChI is InChI=1S/C11H15NO3/c1-15-9-4-8(5-12-6-9)11(14)10(13)7-2-3-7/h4-7,10-11,13-14H,2-3H2,1H3. The van der Waals surface area contributed by atoms with Crippen molar-refractivity contribution in [2.75, 3.05) is 7.11 Å². The van der Waals surface area contributed by atoms with Gasteiger partial charge in [-0.05, 0) is 24.8 Å². The van der Waals surface area contributed by atoms with Crippen molar-refractivity contribution in [2.45, 2.75) is 25.0 Å². The molecule has 2 unspecified atom stereocenters. The largest absolute Gasteiger partial charge is 0.495 e. The summed E-state index contributed by atoms with van der Waals surface area (Å²) in [6.45, 7) is 0. The molecule has 2 N–H and O–H groups in total. The molecular weight excluding hydrogens is 194 g/mol. The SMILES string of the molecule is COc1cncc(C(O)C(O)C2CC2)c1.